The zero-order valence-corrected chi connectivity index (χ0v) is 12.1. The highest BCUT2D eigenvalue weighted by Crippen LogP contribution is 2.27. The summed E-state index contributed by atoms with van der Waals surface area (Å²) in [7, 11) is 0. The molecule has 0 aliphatic carbocycles. The van der Waals surface area contributed by atoms with Crippen molar-refractivity contribution in [3.8, 4) is 0 Å². The summed E-state index contributed by atoms with van der Waals surface area (Å²) in [5.74, 6) is 0. The third kappa shape index (κ3) is 3.98. The molecule has 0 saturated heterocycles. The van der Waals surface area contributed by atoms with Crippen LogP contribution in [0, 0.1) is 0 Å². The standard InChI is InChI=1S/C13H21BrN2O/c1-3-6-16(7-8-17)11-4-5-12(10(2)15)13(14)9-11/h4-5,9-10,17H,3,6-8,15H2,1-2H3. The fourth-order valence-corrected chi connectivity index (χ4v) is 2.57. The van der Waals surface area contributed by atoms with E-state index in [2.05, 4.69) is 39.9 Å². The maximum Gasteiger partial charge on any atom is 0.0606 e. The quantitative estimate of drug-likeness (QED) is 0.849. The molecule has 0 radical (unpaired) electrons. The molecule has 3 nitrogen and oxygen atoms in total. The molecule has 1 aromatic rings. The van der Waals surface area contributed by atoms with Crippen molar-refractivity contribution in [1.29, 1.82) is 0 Å². The van der Waals surface area contributed by atoms with E-state index in [1.807, 2.05) is 13.0 Å². The Hall–Kier alpha value is -0.580. The van der Waals surface area contributed by atoms with E-state index >= 15 is 0 Å². The number of aliphatic hydroxyl groups is 1. The molecule has 0 aromatic heterocycles. The molecule has 17 heavy (non-hydrogen) atoms. The Morgan fingerprint density at radius 3 is 2.59 bits per heavy atom. The van der Waals surface area contributed by atoms with E-state index < -0.39 is 0 Å². The van der Waals surface area contributed by atoms with Crippen molar-refractivity contribution >= 4 is 21.6 Å². The second kappa shape index (κ2) is 6.99. The van der Waals surface area contributed by atoms with Gasteiger partial charge in [-0.05, 0) is 31.0 Å². The van der Waals surface area contributed by atoms with Crippen molar-refractivity contribution in [2.45, 2.75) is 26.3 Å². The summed E-state index contributed by atoms with van der Waals surface area (Å²) in [4.78, 5) is 2.18. The molecule has 3 N–H and O–H groups in total. The minimum atomic E-state index is 0.0240. The van der Waals surface area contributed by atoms with Gasteiger partial charge in [0.1, 0.15) is 0 Å². The summed E-state index contributed by atoms with van der Waals surface area (Å²) >= 11 is 3.55. The first-order chi connectivity index (χ1) is 8.10. The number of benzene rings is 1. The largest absolute Gasteiger partial charge is 0.395 e. The van der Waals surface area contributed by atoms with E-state index in [9.17, 15) is 0 Å². The Bertz CT molecular complexity index is 349. The molecular formula is C13H21BrN2O. The van der Waals surface area contributed by atoms with Gasteiger partial charge < -0.3 is 15.7 Å². The maximum atomic E-state index is 9.06. The molecular weight excluding hydrogens is 280 g/mol. The van der Waals surface area contributed by atoms with Gasteiger partial charge >= 0.3 is 0 Å². The number of hydrogen-bond acceptors (Lipinski definition) is 3. The molecule has 0 aliphatic rings. The average molecular weight is 301 g/mol. The Balaban J connectivity index is 2.93. The monoisotopic (exact) mass is 300 g/mol. The van der Waals surface area contributed by atoms with E-state index in [0.29, 0.717) is 6.54 Å². The predicted molar refractivity (Wildman–Crippen MR) is 76.3 cm³/mol. The molecule has 96 valence electrons. The minimum absolute atomic E-state index is 0.0240. The third-order valence-corrected chi connectivity index (χ3v) is 3.39. The molecule has 1 atom stereocenters. The number of hydrogen-bond donors (Lipinski definition) is 2. The lowest BCUT2D eigenvalue weighted by Crippen LogP contribution is -2.27. The summed E-state index contributed by atoms with van der Waals surface area (Å²) in [6, 6.07) is 6.21. The van der Waals surface area contributed by atoms with Gasteiger partial charge in [-0.1, -0.05) is 28.9 Å². The van der Waals surface area contributed by atoms with Gasteiger partial charge in [-0.15, -0.1) is 0 Å². The first-order valence-electron chi connectivity index (χ1n) is 6.01. The number of rotatable bonds is 6. The van der Waals surface area contributed by atoms with Crippen LogP contribution in [0.3, 0.4) is 0 Å². The minimum Gasteiger partial charge on any atom is -0.395 e. The first-order valence-corrected chi connectivity index (χ1v) is 6.80. The van der Waals surface area contributed by atoms with Crippen LogP contribution < -0.4 is 10.6 Å². The molecule has 0 spiro atoms. The van der Waals surface area contributed by atoms with Gasteiger partial charge in [0.2, 0.25) is 0 Å². The molecule has 0 bridgehead atoms. The first kappa shape index (κ1) is 14.5. The second-order valence-corrected chi connectivity index (χ2v) is 5.06. The highest BCUT2D eigenvalue weighted by molar-refractivity contribution is 9.10. The topological polar surface area (TPSA) is 49.5 Å². The number of nitrogens with two attached hydrogens (primary N) is 1. The van der Waals surface area contributed by atoms with Crippen molar-refractivity contribution in [1.82, 2.24) is 0 Å². The van der Waals surface area contributed by atoms with E-state index in [1.165, 1.54) is 0 Å². The molecule has 4 heteroatoms. The van der Waals surface area contributed by atoms with Crippen molar-refractivity contribution in [2.75, 3.05) is 24.6 Å². The number of halogens is 1. The van der Waals surface area contributed by atoms with E-state index in [-0.39, 0.29) is 12.6 Å². The van der Waals surface area contributed by atoms with Crippen LogP contribution >= 0.6 is 15.9 Å². The second-order valence-electron chi connectivity index (χ2n) is 4.21. The summed E-state index contributed by atoms with van der Waals surface area (Å²) in [6.45, 7) is 5.89. The van der Waals surface area contributed by atoms with Crippen LogP contribution in [-0.2, 0) is 0 Å². The predicted octanol–water partition coefficient (Wildman–Crippen LogP) is 2.68. The van der Waals surface area contributed by atoms with E-state index in [4.69, 9.17) is 10.8 Å². The van der Waals surface area contributed by atoms with Crippen LogP contribution in [0.4, 0.5) is 5.69 Å². The summed E-state index contributed by atoms with van der Waals surface area (Å²) in [6.07, 6.45) is 1.06. The third-order valence-electron chi connectivity index (χ3n) is 2.70. The van der Waals surface area contributed by atoms with Crippen molar-refractivity contribution < 1.29 is 5.11 Å². The molecule has 0 amide bonds. The smallest absolute Gasteiger partial charge is 0.0606 e. The molecule has 1 unspecified atom stereocenters. The highest BCUT2D eigenvalue weighted by Gasteiger charge is 2.09. The zero-order chi connectivity index (χ0) is 12.8. The van der Waals surface area contributed by atoms with Crippen LogP contribution in [-0.4, -0.2) is 24.8 Å². The maximum absolute atomic E-state index is 9.06. The van der Waals surface area contributed by atoms with Gasteiger partial charge in [-0.2, -0.15) is 0 Å². The SMILES string of the molecule is CCCN(CCO)c1ccc(C(C)N)c(Br)c1. The van der Waals surface area contributed by atoms with Crippen molar-refractivity contribution in [2.24, 2.45) is 5.73 Å². The lowest BCUT2D eigenvalue weighted by Gasteiger charge is -2.24. The molecule has 0 heterocycles. The van der Waals surface area contributed by atoms with E-state index in [0.717, 1.165) is 28.7 Å². The highest BCUT2D eigenvalue weighted by atomic mass is 79.9. The number of anilines is 1. The van der Waals surface area contributed by atoms with Crippen molar-refractivity contribution in [3.63, 3.8) is 0 Å². The fourth-order valence-electron chi connectivity index (χ4n) is 1.84. The number of aliphatic hydroxyl groups excluding tert-OH is 1. The Morgan fingerprint density at radius 1 is 1.41 bits per heavy atom. The van der Waals surface area contributed by atoms with Crippen LogP contribution in [0.1, 0.15) is 31.9 Å². The number of nitrogens with zero attached hydrogens (tertiary/aromatic N) is 1. The molecule has 0 aliphatic heterocycles. The van der Waals surface area contributed by atoms with Gasteiger partial charge in [0, 0.05) is 29.3 Å². The fraction of sp³-hybridized carbons (Fsp3) is 0.538. The van der Waals surface area contributed by atoms with E-state index in [1.54, 1.807) is 0 Å². The lowest BCUT2D eigenvalue weighted by atomic mass is 10.1. The van der Waals surface area contributed by atoms with Gasteiger partial charge in [0.05, 0.1) is 6.61 Å². The normalized spacial score (nSPS) is 12.5. The summed E-state index contributed by atoms with van der Waals surface area (Å²) in [5.41, 5.74) is 8.10. The molecule has 0 fully saturated rings. The average Bonchev–Trinajstić information content (AvgIpc) is 2.28. The van der Waals surface area contributed by atoms with Crippen LogP contribution in [0.5, 0.6) is 0 Å². The molecule has 0 saturated carbocycles. The Morgan fingerprint density at radius 2 is 2.12 bits per heavy atom. The Labute approximate surface area is 112 Å². The van der Waals surface area contributed by atoms with Gasteiger partial charge in [-0.25, -0.2) is 0 Å². The van der Waals surface area contributed by atoms with Crippen LogP contribution in [0.2, 0.25) is 0 Å². The summed E-state index contributed by atoms with van der Waals surface area (Å²) in [5, 5.41) is 9.06. The van der Waals surface area contributed by atoms with Gasteiger partial charge in [0.25, 0.3) is 0 Å². The van der Waals surface area contributed by atoms with Crippen molar-refractivity contribution in [3.05, 3.63) is 28.2 Å². The molecule has 1 aromatic carbocycles. The van der Waals surface area contributed by atoms with Gasteiger partial charge in [0.15, 0.2) is 0 Å². The summed E-state index contributed by atoms with van der Waals surface area (Å²) < 4.78 is 1.03. The Kier molecular flexibility index (Phi) is 5.95. The lowest BCUT2D eigenvalue weighted by molar-refractivity contribution is 0.302. The zero-order valence-electron chi connectivity index (χ0n) is 10.5. The van der Waals surface area contributed by atoms with Crippen LogP contribution in [0.25, 0.3) is 0 Å². The van der Waals surface area contributed by atoms with Gasteiger partial charge in [-0.3, -0.25) is 0 Å². The van der Waals surface area contributed by atoms with Crippen LogP contribution in [0.15, 0.2) is 22.7 Å². The molecule has 1 rings (SSSR count).